The molecule has 0 aliphatic heterocycles. The number of Topliss-reactive ketones (excluding diaryl/α,β-unsaturated/α-hetero) is 1. The van der Waals surface area contributed by atoms with Crippen LogP contribution >= 0.6 is 15.9 Å². The number of hydrogen-bond donors (Lipinski definition) is 0. The first-order valence-electron chi connectivity index (χ1n) is 5.71. The average Bonchev–Trinajstić information content (AvgIpc) is 2.37. The van der Waals surface area contributed by atoms with Crippen molar-refractivity contribution < 1.29 is 13.6 Å². The molecule has 0 saturated heterocycles. The van der Waals surface area contributed by atoms with Crippen LogP contribution in [0.1, 0.15) is 21.5 Å². The Bertz CT molecular complexity index is 638. The number of aryl methyl sites for hydroxylation is 1. The van der Waals surface area contributed by atoms with Crippen LogP contribution in [0.25, 0.3) is 0 Å². The second-order valence-corrected chi connectivity index (χ2v) is 5.07. The van der Waals surface area contributed by atoms with Crippen LogP contribution in [0.15, 0.2) is 40.9 Å². The monoisotopic (exact) mass is 324 g/mol. The van der Waals surface area contributed by atoms with Crippen molar-refractivity contribution in [3.63, 3.8) is 0 Å². The summed E-state index contributed by atoms with van der Waals surface area (Å²) in [6, 6.07) is 8.40. The number of carbonyl (C=O) groups is 1. The molecule has 0 aliphatic rings. The second-order valence-electron chi connectivity index (χ2n) is 4.27. The molecule has 0 N–H and O–H groups in total. The van der Waals surface area contributed by atoms with Crippen molar-refractivity contribution in [3.8, 4) is 0 Å². The van der Waals surface area contributed by atoms with Gasteiger partial charge in [0.05, 0.1) is 0 Å². The predicted octanol–water partition coefficient (Wildman–Crippen LogP) is 4.46. The molecule has 0 amide bonds. The molecule has 2 rings (SSSR count). The number of rotatable bonds is 3. The molecular weight excluding hydrogens is 314 g/mol. The van der Waals surface area contributed by atoms with Crippen molar-refractivity contribution >= 4 is 21.7 Å². The van der Waals surface area contributed by atoms with Gasteiger partial charge in [0, 0.05) is 16.5 Å². The summed E-state index contributed by atoms with van der Waals surface area (Å²) in [5.74, 6) is -1.37. The molecule has 0 heterocycles. The minimum atomic E-state index is -0.571. The van der Waals surface area contributed by atoms with Gasteiger partial charge in [-0.15, -0.1) is 0 Å². The highest BCUT2D eigenvalue weighted by atomic mass is 79.9. The third-order valence-corrected chi connectivity index (χ3v) is 3.90. The molecule has 1 nitrogen and oxygen atoms in total. The highest BCUT2D eigenvalue weighted by Gasteiger charge is 2.14. The van der Waals surface area contributed by atoms with Gasteiger partial charge in [-0.2, -0.15) is 0 Å². The van der Waals surface area contributed by atoms with Crippen LogP contribution in [0.4, 0.5) is 8.78 Å². The minimum absolute atomic E-state index is 0.0680. The lowest BCUT2D eigenvalue weighted by Gasteiger charge is -2.07. The van der Waals surface area contributed by atoms with E-state index in [0.717, 1.165) is 23.8 Å². The predicted molar refractivity (Wildman–Crippen MR) is 73.3 cm³/mol. The van der Waals surface area contributed by atoms with Gasteiger partial charge in [-0.05, 0) is 52.2 Å². The SMILES string of the molecule is Cc1cccc(C(=O)Cc2cc(F)ccc2F)c1Br. The fraction of sp³-hybridized carbons (Fsp3) is 0.133. The smallest absolute Gasteiger partial charge is 0.168 e. The van der Waals surface area contributed by atoms with E-state index >= 15 is 0 Å². The van der Waals surface area contributed by atoms with Crippen molar-refractivity contribution in [1.29, 1.82) is 0 Å². The van der Waals surface area contributed by atoms with E-state index in [1.807, 2.05) is 13.0 Å². The fourth-order valence-electron chi connectivity index (χ4n) is 1.81. The number of halogens is 3. The van der Waals surface area contributed by atoms with Crippen molar-refractivity contribution in [1.82, 2.24) is 0 Å². The normalized spacial score (nSPS) is 10.5. The number of hydrogen-bond acceptors (Lipinski definition) is 1. The first-order valence-corrected chi connectivity index (χ1v) is 6.50. The van der Waals surface area contributed by atoms with Crippen LogP contribution in [0.3, 0.4) is 0 Å². The van der Waals surface area contributed by atoms with E-state index in [1.165, 1.54) is 0 Å². The Balaban J connectivity index is 2.31. The first-order chi connectivity index (χ1) is 8.99. The van der Waals surface area contributed by atoms with Gasteiger partial charge < -0.3 is 0 Å². The summed E-state index contributed by atoms with van der Waals surface area (Å²) < 4.78 is 27.2. The molecule has 4 heteroatoms. The summed E-state index contributed by atoms with van der Waals surface area (Å²) in [5, 5.41) is 0. The summed E-state index contributed by atoms with van der Waals surface area (Å²) in [5.41, 5.74) is 1.47. The highest BCUT2D eigenvalue weighted by Crippen LogP contribution is 2.23. The Kier molecular flexibility index (Phi) is 4.10. The Morgan fingerprint density at radius 3 is 2.68 bits per heavy atom. The van der Waals surface area contributed by atoms with Crippen molar-refractivity contribution in [3.05, 3.63) is 69.2 Å². The van der Waals surface area contributed by atoms with Gasteiger partial charge in [-0.1, -0.05) is 18.2 Å². The highest BCUT2D eigenvalue weighted by molar-refractivity contribution is 9.10. The van der Waals surface area contributed by atoms with Gasteiger partial charge in [0.1, 0.15) is 11.6 Å². The van der Waals surface area contributed by atoms with Crippen LogP contribution in [0.5, 0.6) is 0 Å². The lowest BCUT2D eigenvalue weighted by atomic mass is 10.0. The minimum Gasteiger partial charge on any atom is -0.294 e. The molecule has 0 aliphatic carbocycles. The summed E-state index contributed by atoms with van der Waals surface area (Å²) in [6.45, 7) is 1.86. The molecule has 98 valence electrons. The first kappa shape index (κ1) is 13.9. The number of ketones is 1. The topological polar surface area (TPSA) is 17.1 Å². The van der Waals surface area contributed by atoms with E-state index in [4.69, 9.17) is 0 Å². The average molecular weight is 325 g/mol. The second kappa shape index (κ2) is 5.61. The maximum atomic E-state index is 13.5. The van der Waals surface area contributed by atoms with E-state index in [0.29, 0.717) is 10.0 Å². The lowest BCUT2D eigenvalue weighted by Crippen LogP contribution is -2.07. The lowest BCUT2D eigenvalue weighted by molar-refractivity contribution is 0.0991. The zero-order valence-electron chi connectivity index (χ0n) is 10.2. The van der Waals surface area contributed by atoms with Gasteiger partial charge in [-0.3, -0.25) is 4.79 Å². The largest absolute Gasteiger partial charge is 0.294 e. The van der Waals surface area contributed by atoms with E-state index in [1.54, 1.807) is 12.1 Å². The van der Waals surface area contributed by atoms with E-state index < -0.39 is 11.6 Å². The molecule has 0 saturated carbocycles. The van der Waals surface area contributed by atoms with Gasteiger partial charge in [0.25, 0.3) is 0 Å². The zero-order chi connectivity index (χ0) is 14.0. The van der Waals surface area contributed by atoms with Gasteiger partial charge >= 0.3 is 0 Å². The van der Waals surface area contributed by atoms with E-state index in [-0.39, 0.29) is 17.8 Å². The molecule has 0 bridgehead atoms. The summed E-state index contributed by atoms with van der Waals surface area (Å²) in [4.78, 5) is 12.1. The van der Waals surface area contributed by atoms with Gasteiger partial charge in [0.15, 0.2) is 5.78 Å². The van der Waals surface area contributed by atoms with Crippen LogP contribution in [0.2, 0.25) is 0 Å². The molecule has 0 spiro atoms. The molecule has 2 aromatic carbocycles. The Morgan fingerprint density at radius 2 is 1.95 bits per heavy atom. The molecule has 0 atom stereocenters. The Labute approximate surface area is 118 Å². The molecule has 0 aromatic heterocycles. The quantitative estimate of drug-likeness (QED) is 0.762. The zero-order valence-corrected chi connectivity index (χ0v) is 11.8. The van der Waals surface area contributed by atoms with Crippen molar-refractivity contribution in [2.24, 2.45) is 0 Å². The fourth-order valence-corrected chi connectivity index (χ4v) is 2.30. The van der Waals surface area contributed by atoms with Crippen LogP contribution in [-0.4, -0.2) is 5.78 Å². The molecule has 0 unspecified atom stereocenters. The van der Waals surface area contributed by atoms with Gasteiger partial charge in [0.2, 0.25) is 0 Å². The Hall–Kier alpha value is -1.55. The number of benzene rings is 2. The van der Waals surface area contributed by atoms with Crippen molar-refractivity contribution in [2.45, 2.75) is 13.3 Å². The van der Waals surface area contributed by atoms with Crippen LogP contribution in [0, 0.1) is 18.6 Å². The van der Waals surface area contributed by atoms with Crippen LogP contribution in [-0.2, 0) is 6.42 Å². The third kappa shape index (κ3) is 3.07. The van der Waals surface area contributed by atoms with Gasteiger partial charge in [-0.25, -0.2) is 8.78 Å². The molecule has 0 radical (unpaired) electrons. The Morgan fingerprint density at radius 1 is 1.21 bits per heavy atom. The third-order valence-electron chi connectivity index (χ3n) is 2.85. The maximum absolute atomic E-state index is 13.5. The molecular formula is C15H11BrF2O. The summed E-state index contributed by atoms with van der Waals surface area (Å²) in [7, 11) is 0. The summed E-state index contributed by atoms with van der Waals surface area (Å²) >= 11 is 3.34. The van der Waals surface area contributed by atoms with Crippen LogP contribution < -0.4 is 0 Å². The standard InChI is InChI=1S/C15H11BrF2O/c1-9-3-2-4-12(15(9)16)14(19)8-10-7-11(17)5-6-13(10)18/h2-7H,8H2,1H3. The van der Waals surface area contributed by atoms with E-state index in [2.05, 4.69) is 15.9 Å². The maximum Gasteiger partial charge on any atom is 0.168 e. The molecule has 2 aromatic rings. The number of carbonyl (C=O) groups excluding carboxylic acids is 1. The molecule has 0 fully saturated rings. The van der Waals surface area contributed by atoms with E-state index in [9.17, 15) is 13.6 Å². The summed E-state index contributed by atoms with van der Waals surface area (Å²) in [6.07, 6.45) is -0.161. The molecule has 19 heavy (non-hydrogen) atoms. The van der Waals surface area contributed by atoms with Crippen molar-refractivity contribution in [2.75, 3.05) is 0 Å².